The van der Waals surface area contributed by atoms with Crippen LogP contribution >= 0.6 is 0 Å². The van der Waals surface area contributed by atoms with E-state index < -0.39 is 5.97 Å². The Bertz CT molecular complexity index is 503. The number of rotatable bonds is 2. The van der Waals surface area contributed by atoms with E-state index in [0.717, 1.165) is 0 Å². The van der Waals surface area contributed by atoms with Gasteiger partial charge in [-0.05, 0) is 24.1 Å². The second kappa shape index (κ2) is 5.43. The molecule has 0 aliphatic heterocycles. The van der Waals surface area contributed by atoms with Crippen molar-refractivity contribution in [3.63, 3.8) is 0 Å². The third-order valence-corrected chi connectivity index (χ3v) is 1.88. The summed E-state index contributed by atoms with van der Waals surface area (Å²) in [6.07, 6.45) is 0. The Balaban J connectivity index is 3.17. The Morgan fingerprint density at radius 3 is 2.69 bits per heavy atom. The number of nitriles is 1. The summed E-state index contributed by atoms with van der Waals surface area (Å²) >= 11 is 0. The van der Waals surface area contributed by atoms with Crippen molar-refractivity contribution in [3.8, 4) is 23.7 Å². The van der Waals surface area contributed by atoms with E-state index in [2.05, 4.69) is 16.6 Å². The summed E-state index contributed by atoms with van der Waals surface area (Å²) in [7, 11) is 2.77. The lowest BCUT2D eigenvalue weighted by molar-refractivity contribution is 0.0600. The molecule has 0 saturated carbocycles. The summed E-state index contributed by atoms with van der Waals surface area (Å²) in [5.41, 5.74) is 0.929. The molecule has 0 spiro atoms. The second-order valence-electron chi connectivity index (χ2n) is 2.77. The quantitative estimate of drug-likeness (QED) is 0.552. The highest BCUT2D eigenvalue weighted by Crippen LogP contribution is 2.19. The molecule has 0 aliphatic carbocycles. The molecule has 0 N–H and O–H groups in total. The molecule has 16 heavy (non-hydrogen) atoms. The second-order valence-corrected chi connectivity index (χ2v) is 2.77. The Labute approximate surface area is 93.4 Å². The molecule has 1 aromatic rings. The molecular weight excluding hydrogens is 206 g/mol. The number of hydrogen-bond donors (Lipinski definition) is 0. The third kappa shape index (κ3) is 2.52. The van der Waals surface area contributed by atoms with Crippen LogP contribution in [-0.4, -0.2) is 20.2 Å². The van der Waals surface area contributed by atoms with E-state index in [1.54, 1.807) is 18.2 Å². The largest absolute Gasteiger partial charge is 0.495 e. The fourth-order valence-electron chi connectivity index (χ4n) is 1.13. The zero-order valence-corrected chi connectivity index (χ0v) is 8.90. The lowest BCUT2D eigenvalue weighted by Crippen LogP contribution is -2.02. The van der Waals surface area contributed by atoms with Gasteiger partial charge in [-0.2, -0.15) is 5.26 Å². The van der Waals surface area contributed by atoms with E-state index in [-0.39, 0.29) is 0 Å². The summed E-state index contributed by atoms with van der Waals surface area (Å²) in [5.74, 6) is 4.86. The lowest BCUT2D eigenvalue weighted by atomic mass is 10.1. The fraction of sp³-hybridized carbons (Fsp3) is 0.167. The molecule has 0 heterocycles. The van der Waals surface area contributed by atoms with E-state index in [1.807, 2.05) is 0 Å². The fourth-order valence-corrected chi connectivity index (χ4v) is 1.13. The highest BCUT2D eigenvalue weighted by molar-refractivity contribution is 5.90. The summed E-state index contributed by atoms with van der Waals surface area (Å²) in [6.45, 7) is 0. The predicted octanol–water partition coefficient (Wildman–Crippen LogP) is 1.36. The first-order valence-electron chi connectivity index (χ1n) is 4.39. The van der Waals surface area contributed by atoms with Crippen molar-refractivity contribution in [1.82, 2.24) is 0 Å². The number of benzene rings is 1. The number of esters is 1. The molecule has 0 atom stereocenters. The zero-order chi connectivity index (χ0) is 12.0. The number of methoxy groups -OCH3 is 2. The Hall–Kier alpha value is -2.46. The maximum absolute atomic E-state index is 11.2. The molecule has 4 heteroatoms. The van der Waals surface area contributed by atoms with E-state index in [1.165, 1.54) is 20.3 Å². The van der Waals surface area contributed by atoms with Crippen LogP contribution in [-0.2, 0) is 4.74 Å². The monoisotopic (exact) mass is 215 g/mol. The van der Waals surface area contributed by atoms with Crippen molar-refractivity contribution in [2.24, 2.45) is 0 Å². The van der Waals surface area contributed by atoms with Gasteiger partial charge in [-0.25, -0.2) is 4.79 Å². The molecule has 0 radical (unpaired) electrons. The van der Waals surface area contributed by atoms with Gasteiger partial charge in [-0.1, -0.05) is 0 Å². The smallest absolute Gasteiger partial charge is 0.337 e. The Morgan fingerprint density at radius 1 is 1.38 bits per heavy atom. The molecule has 0 aliphatic rings. The van der Waals surface area contributed by atoms with Gasteiger partial charge in [0.05, 0.1) is 25.3 Å². The zero-order valence-electron chi connectivity index (χ0n) is 8.90. The normalized spacial score (nSPS) is 8.31. The highest BCUT2D eigenvalue weighted by atomic mass is 16.5. The summed E-state index contributed by atoms with van der Waals surface area (Å²) < 4.78 is 9.63. The van der Waals surface area contributed by atoms with Gasteiger partial charge in [-0.15, -0.1) is 0 Å². The first-order chi connectivity index (χ1) is 7.72. The molecule has 4 nitrogen and oxygen atoms in total. The van der Waals surface area contributed by atoms with Crippen LogP contribution in [0, 0.1) is 23.2 Å². The van der Waals surface area contributed by atoms with Crippen molar-refractivity contribution in [2.45, 2.75) is 0 Å². The van der Waals surface area contributed by atoms with Gasteiger partial charge < -0.3 is 9.47 Å². The first kappa shape index (κ1) is 11.6. The van der Waals surface area contributed by atoms with E-state index >= 15 is 0 Å². The molecule has 0 aromatic heterocycles. The molecule has 0 saturated heterocycles. The van der Waals surface area contributed by atoms with Crippen molar-refractivity contribution in [3.05, 3.63) is 29.3 Å². The van der Waals surface area contributed by atoms with Crippen LogP contribution in [0.15, 0.2) is 18.2 Å². The Morgan fingerprint density at radius 2 is 2.12 bits per heavy atom. The topological polar surface area (TPSA) is 59.3 Å². The minimum atomic E-state index is -0.446. The van der Waals surface area contributed by atoms with Gasteiger partial charge in [0.15, 0.2) is 6.07 Å². The third-order valence-electron chi connectivity index (χ3n) is 1.88. The van der Waals surface area contributed by atoms with Gasteiger partial charge in [0.2, 0.25) is 0 Å². The van der Waals surface area contributed by atoms with Crippen LogP contribution in [0.1, 0.15) is 15.9 Å². The summed E-state index contributed by atoms with van der Waals surface area (Å²) in [6, 6.07) is 6.40. The van der Waals surface area contributed by atoms with E-state index in [4.69, 9.17) is 10.00 Å². The van der Waals surface area contributed by atoms with Crippen LogP contribution in [0.5, 0.6) is 5.75 Å². The van der Waals surface area contributed by atoms with Crippen LogP contribution < -0.4 is 4.74 Å². The molecule has 80 valence electrons. The van der Waals surface area contributed by atoms with Crippen molar-refractivity contribution < 1.29 is 14.3 Å². The van der Waals surface area contributed by atoms with Gasteiger partial charge in [0.1, 0.15) is 5.75 Å². The number of nitrogens with zero attached hydrogens (tertiary/aromatic N) is 1. The maximum Gasteiger partial charge on any atom is 0.337 e. The molecule has 0 bridgehead atoms. The number of carbonyl (C=O) groups excluding carboxylic acids is 1. The number of ether oxygens (including phenoxy) is 2. The Kier molecular flexibility index (Phi) is 3.94. The lowest BCUT2D eigenvalue weighted by Gasteiger charge is -2.05. The average molecular weight is 215 g/mol. The maximum atomic E-state index is 11.2. The van der Waals surface area contributed by atoms with Crippen molar-refractivity contribution >= 4 is 5.97 Å². The highest BCUT2D eigenvalue weighted by Gasteiger charge is 2.08. The van der Waals surface area contributed by atoms with Gasteiger partial charge in [0, 0.05) is 5.92 Å². The van der Waals surface area contributed by atoms with Crippen molar-refractivity contribution in [2.75, 3.05) is 14.2 Å². The van der Waals surface area contributed by atoms with Gasteiger partial charge in [0.25, 0.3) is 0 Å². The van der Waals surface area contributed by atoms with E-state index in [0.29, 0.717) is 16.9 Å². The SMILES string of the molecule is COC(=O)c1ccc(C#CC#N)c(OC)c1. The number of hydrogen-bond acceptors (Lipinski definition) is 4. The summed E-state index contributed by atoms with van der Waals surface area (Å²) in [4.78, 5) is 11.2. The molecule has 1 rings (SSSR count). The van der Waals surface area contributed by atoms with Crippen molar-refractivity contribution in [1.29, 1.82) is 5.26 Å². The van der Waals surface area contributed by atoms with Crippen LogP contribution in [0.4, 0.5) is 0 Å². The molecule has 0 fully saturated rings. The predicted molar refractivity (Wildman–Crippen MR) is 56.8 cm³/mol. The summed E-state index contributed by atoms with van der Waals surface area (Å²) in [5, 5.41) is 8.33. The molecule has 0 unspecified atom stereocenters. The standard InChI is InChI=1S/C12H9NO3/c1-15-11-8-10(12(14)16-2)6-5-9(11)4-3-7-13/h5-6,8H,1-2H3. The van der Waals surface area contributed by atoms with Crippen LogP contribution in [0.25, 0.3) is 0 Å². The minimum absolute atomic E-state index is 0.377. The van der Waals surface area contributed by atoms with Gasteiger partial charge in [-0.3, -0.25) is 0 Å². The van der Waals surface area contributed by atoms with Crippen LogP contribution in [0.2, 0.25) is 0 Å². The minimum Gasteiger partial charge on any atom is -0.495 e. The molecular formula is C12H9NO3. The first-order valence-corrected chi connectivity index (χ1v) is 4.39. The van der Waals surface area contributed by atoms with Crippen LogP contribution in [0.3, 0.4) is 0 Å². The average Bonchev–Trinajstić information content (AvgIpc) is 2.35. The van der Waals surface area contributed by atoms with E-state index in [9.17, 15) is 4.79 Å². The molecule has 0 amide bonds. The van der Waals surface area contributed by atoms with Gasteiger partial charge >= 0.3 is 5.97 Å². The number of carbonyl (C=O) groups is 1. The molecule has 1 aromatic carbocycles.